The molecule has 1 aromatic heterocycles. The maximum Gasteiger partial charge on any atom is 0.0547 e. The highest BCUT2D eigenvalue weighted by Crippen LogP contribution is 2.04. The first kappa shape index (κ1) is 13.5. The van der Waals surface area contributed by atoms with E-state index in [0.29, 0.717) is 6.54 Å². The van der Waals surface area contributed by atoms with Crippen molar-refractivity contribution < 1.29 is 0 Å². The van der Waals surface area contributed by atoms with E-state index < -0.39 is 0 Å². The van der Waals surface area contributed by atoms with Crippen LogP contribution in [0.3, 0.4) is 0 Å². The average Bonchev–Trinajstić information content (AvgIpc) is 2.29. The Bertz CT molecular complexity index is 304. The third kappa shape index (κ3) is 4.96. The number of aromatic nitrogens is 1. The van der Waals surface area contributed by atoms with Crippen LogP contribution in [-0.2, 0) is 13.1 Å². The second-order valence-corrected chi connectivity index (χ2v) is 4.89. The summed E-state index contributed by atoms with van der Waals surface area (Å²) in [6.07, 6.45) is 3.38. The quantitative estimate of drug-likeness (QED) is 0.736. The number of nitrogens with zero attached hydrogens (tertiary/aromatic N) is 2. The van der Waals surface area contributed by atoms with Crippen molar-refractivity contribution in [2.45, 2.75) is 19.5 Å². The summed E-state index contributed by atoms with van der Waals surface area (Å²) in [4.78, 5) is 6.79. The Hall–Kier alpha value is -0.580. The normalized spacial score (nSPS) is 11.0. The third-order valence-electron chi connectivity index (χ3n) is 2.39. The maximum absolute atomic E-state index is 5.57. The lowest BCUT2D eigenvalue weighted by Crippen LogP contribution is -2.20. The van der Waals surface area contributed by atoms with Crippen LogP contribution in [0.2, 0.25) is 0 Å². The van der Waals surface area contributed by atoms with Crippen molar-refractivity contribution in [3.63, 3.8) is 0 Å². The van der Waals surface area contributed by atoms with E-state index in [9.17, 15) is 0 Å². The van der Waals surface area contributed by atoms with E-state index in [1.54, 1.807) is 0 Å². The van der Waals surface area contributed by atoms with Gasteiger partial charge in [0, 0.05) is 13.1 Å². The summed E-state index contributed by atoms with van der Waals surface area (Å²) in [6, 6.07) is 6.06. The summed E-state index contributed by atoms with van der Waals surface area (Å²) in [5.41, 5.74) is 7.64. The van der Waals surface area contributed by atoms with Gasteiger partial charge in [0.25, 0.3) is 0 Å². The molecule has 1 rings (SSSR count). The molecule has 0 bridgehead atoms. The van der Waals surface area contributed by atoms with Crippen molar-refractivity contribution in [3.8, 4) is 0 Å². The molecule has 0 spiro atoms. The fraction of sp³-hybridized carbons (Fsp3) is 0.583. The van der Waals surface area contributed by atoms with E-state index >= 15 is 0 Å². The molecular formula is C12H21N3S. The zero-order valence-electron chi connectivity index (χ0n) is 10.1. The van der Waals surface area contributed by atoms with Crippen molar-refractivity contribution in [1.29, 1.82) is 0 Å². The molecule has 2 N–H and O–H groups in total. The van der Waals surface area contributed by atoms with Crippen LogP contribution in [-0.4, -0.2) is 35.5 Å². The zero-order chi connectivity index (χ0) is 11.8. The number of hydrogen-bond donors (Lipinski definition) is 1. The lowest BCUT2D eigenvalue weighted by atomic mass is 10.3. The molecule has 3 nitrogen and oxygen atoms in total. The molecule has 0 aliphatic carbocycles. The van der Waals surface area contributed by atoms with E-state index in [2.05, 4.69) is 29.3 Å². The summed E-state index contributed by atoms with van der Waals surface area (Å²) in [5, 5.41) is 0. The fourth-order valence-corrected chi connectivity index (χ4v) is 1.98. The molecule has 16 heavy (non-hydrogen) atoms. The molecule has 1 aromatic rings. The van der Waals surface area contributed by atoms with Crippen LogP contribution in [0.5, 0.6) is 0 Å². The van der Waals surface area contributed by atoms with Crippen LogP contribution in [0, 0.1) is 0 Å². The highest BCUT2D eigenvalue weighted by Gasteiger charge is 2.01. The van der Waals surface area contributed by atoms with Crippen molar-refractivity contribution in [3.05, 3.63) is 29.6 Å². The van der Waals surface area contributed by atoms with Gasteiger partial charge in [-0.05, 0) is 44.2 Å². The molecule has 0 aliphatic heterocycles. The van der Waals surface area contributed by atoms with E-state index in [0.717, 1.165) is 24.5 Å². The second kappa shape index (κ2) is 7.65. The van der Waals surface area contributed by atoms with Gasteiger partial charge in [-0.3, -0.25) is 4.98 Å². The summed E-state index contributed by atoms with van der Waals surface area (Å²) in [6.45, 7) is 2.54. The van der Waals surface area contributed by atoms with E-state index in [-0.39, 0.29) is 0 Å². The Kier molecular flexibility index (Phi) is 6.45. The van der Waals surface area contributed by atoms with Gasteiger partial charge in [0.1, 0.15) is 0 Å². The number of thioether (sulfide) groups is 1. The number of pyridine rings is 1. The third-order valence-corrected chi connectivity index (χ3v) is 3.09. The van der Waals surface area contributed by atoms with Crippen LogP contribution in [0.25, 0.3) is 0 Å². The van der Waals surface area contributed by atoms with Crippen molar-refractivity contribution >= 4 is 11.8 Å². The molecule has 0 fully saturated rings. The van der Waals surface area contributed by atoms with Crippen LogP contribution in [0.1, 0.15) is 17.8 Å². The highest BCUT2D eigenvalue weighted by molar-refractivity contribution is 7.98. The van der Waals surface area contributed by atoms with Crippen LogP contribution >= 0.6 is 11.8 Å². The zero-order valence-corrected chi connectivity index (χ0v) is 11.0. The lowest BCUT2D eigenvalue weighted by Gasteiger charge is -2.15. The lowest BCUT2D eigenvalue weighted by molar-refractivity contribution is 0.324. The van der Waals surface area contributed by atoms with Gasteiger partial charge in [-0.2, -0.15) is 11.8 Å². The number of rotatable bonds is 7. The number of nitrogens with two attached hydrogens (primary N) is 1. The predicted octanol–water partition coefficient (Wildman–Crippen LogP) is 1.73. The van der Waals surface area contributed by atoms with Crippen molar-refractivity contribution in [1.82, 2.24) is 9.88 Å². The molecule has 0 unspecified atom stereocenters. The molecule has 0 radical (unpaired) electrons. The first-order chi connectivity index (χ1) is 7.76. The van der Waals surface area contributed by atoms with Crippen molar-refractivity contribution in [2.24, 2.45) is 5.73 Å². The molecule has 0 saturated heterocycles. The second-order valence-electron chi connectivity index (χ2n) is 3.91. The van der Waals surface area contributed by atoms with E-state index in [1.807, 2.05) is 23.9 Å². The highest BCUT2D eigenvalue weighted by atomic mass is 32.2. The molecule has 4 heteroatoms. The van der Waals surface area contributed by atoms with Crippen LogP contribution in [0.15, 0.2) is 18.2 Å². The van der Waals surface area contributed by atoms with Crippen LogP contribution in [0.4, 0.5) is 0 Å². The van der Waals surface area contributed by atoms with Gasteiger partial charge in [-0.15, -0.1) is 0 Å². The Labute approximate surface area is 102 Å². The maximum atomic E-state index is 5.57. The van der Waals surface area contributed by atoms with Gasteiger partial charge < -0.3 is 10.6 Å². The largest absolute Gasteiger partial charge is 0.325 e. The van der Waals surface area contributed by atoms with E-state index in [4.69, 9.17) is 5.73 Å². The summed E-state index contributed by atoms with van der Waals surface area (Å²) < 4.78 is 0. The van der Waals surface area contributed by atoms with Gasteiger partial charge in [0.2, 0.25) is 0 Å². The van der Waals surface area contributed by atoms with Gasteiger partial charge in [0.15, 0.2) is 0 Å². The van der Waals surface area contributed by atoms with Crippen LogP contribution < -0.4 is 5.73 Å². The molecule has 0 aromatic carbocycles. The van der Waals surface area contributed by atoms with E-state index in [1.165, 1.54) is 12.2 Å². The summed E-state index contributed by atoms with van der Waals surface area (Å²) in [7, 11) is 2.14. The summed E-state index contributed by atoms with van der Waals surface area (Å²) >= 11 is 1.90. The summed E-state index contributed by atoms with van der Waals surface area (Å²) in [5.74, 6) is 1.22. The smallest absolute Gasteiger partial charge is 0.0547 e. The molecule has 0 atom stereocenters. The fourth-order valence-electron chi connectivity index (χ4n) is 1.57. The number of hydrogen-bond acceptors (Lipinski definition) is 4. The monoisotopic (exact) mass is 239 g/mol. The van der Waals surface area contributed by atoms with Gasteiger partial charge in [-0.25, -0.2) is 0 Å². The topological polar surface area (TPSA) is 42.1 Å². The van der Waals surface area contributed by atoms with Gasteiger partial charge in [-0.1, -0.05) is 6.07 Å². The minimum atomic E-state index is 0.518. The Morgan fingerprint density at radius 1 is 1.38 bits per heavy atom. The first-order valence-electron chi connectivity index (χ1n) is 5.58. The SMILES string of the molecule is CSCCCN(C)Cc1cccc(CN)n1. The predicted molar refractivity (Wildman–Crippen MR) is 71.5 cm³/mol. The molecule has 0 aliphatic rings. The minimum absolute atomic E-state index is 0.518. The Balaban J connectivity index is 2.39. The molecule has 90 valence electrons. The average molecular weight is 239 g/mol. The molecular weight excluding hydrogens is 218 g/mol. The molecule has 0 saturated carbocycles. The van der Waals surface area contributed by atoms with Gasteiger partial charge in [0.05, 0.1) is 11.4 Å². The molecule has 1 heterocycles. The Morgan fingerprint density at radius 3 is 2.81 bits per heavy atom. The van der Waals surface area contributed by atoms with Crippen molar-refractivity contribution in [2.75, 3.05) is 25.6 Å². The first-order valence-corrected chi connectivity index (χ1v) is 6.98. The molecule has 0 amide bonds. The Morgan fingerprint density at radius 2 is 2.12 bits per heavy atom. The minimum Gasteiger partial charge on any atom is -0.325 e. The standard InChI is InChI=1S/C12H21N3S/c1-15(7-4-8-16-2)10-12-6-3-5-11(9-13)14-12/h3,5-6H,4,7-10,13H2,1-2H3. The van der Waals surface area contributed by atoms with Gasteiger partial charge >= 0.3 is 0 Å².